The van der Waals surface area contributed by atoms with E-state index in [1.54, 1.807) is 19.2 Å². The predicted molar refractivity (Wildman–Crippen MR) is 72.8 cm³/mol. The van der Waals surface area contributed by atoms with Gasteiger partial charge in [0.25, 0.3) is 0 Å². The number of hydrogen-bond acceptors (Lipinski definition) is 3. The van der Waals surface area contributed by atoms with E-state index in [-0.39, 0.29) is 11.3 Å². The minimum atomic E-state index is -0.0745. The van der Waals surface area contributed by atoms with Crippen molar-refractivity contribution in [3.63, 3.8) is 0 Å². The zero-order valence-electron chi connectivity index (χ0n) is 10.6. The monoisotopic (exact) mass is 299 g/mol. The first kappa shape index (κ1) is 14.2. The summed E-state index contributed by atoms with van der Waals surface area (Å²) in [7, 11) is 1.57. The fourth-order valence-electron chi connectivity index (χ4n) is 1.34. The highest BCUT2D eigenvalue weighted by Gasteiger charge is 2.16. The lowest BCUT2D eigenvalue weighted by atomic mass is 10.1. The summed E-state index contributed by atoms with van der Waals surface area (Å²) in [5, 5.41) is 3.17. The van der Waals surface area contributed by atoms with Gasteiger partial charge in [0, 0.05) is 10.0 Å². The van der Waals surface area contributed by atoms with Gasteiger partial charge in [-0.3, -0.25) is 4.79 Å². The molecule has 0 saturated heterocycles. The Bertz CT molecular complexity index is 410. The van der Waals surface area contributed by atoms with Crippen molar-refractivity contribution in [2.24, 2.45) is 0 Å². The highest BCUT2D eigenvalue weighted by molar-refractivity contribution is 9.10. The fourth-order valence-corrected chi connectivity index (χ4v) is 1.70. The van der Waals surface area contributed by atoms with E-state index in [0.29, 0.717) is 17.9 Å². The number of ether oxygens (including phenoxy) is 1. The van der Waals surface area contributed by atoms with Crippen LogP contribution in [0.4, 0.5) is 0 Å². The van der Waals surface area contributed by atoms with E-state index in [0.717, 1.165) is 4.47 Å². The molecule has 0 bridgehead atoms. The Morgan fingerprint density at radius 2 is 2.06 bits per heavy atom. The fraction of sp³-hybridized carbons (Fsp3) is 0.462. The molecule has 1 aromatic carbocycles. The van der Waals surface area contributed by atoms with Crippen molar-refractivity contribution < 1.29 is 9.53 Å². The van der Waals surface area contributed by atoms with E-state index >= 15 is 0 Å². The molecule has 0 unspecified atom stereocenters. The number of carbonyl (C=O) groups excluding carboxylic acids is 1. The second-order valence-electron chi connectivity index (χ2n) is 4.87. The van der Waals surface area contributed by atoms with Crippen LogP contribution in [0.1, 0.15) is 31.1 Å². The number of carbonyl (C=O) groups is 1. The highest BCUT2D eigenvalue weighted by atomic mass is 79.9. The second-order valence-corrected chi connectivity index (χ2v) is 5.79. The van der Waals surface area contributed by atoms with Gasteiger partial charge in [-0.05, 0) is 39.0 Å². The zero-order valence-corrected chi connectivity index (χ0v) is 12.2. The number of methoxy groups -OCH3 is 1. The molecule has 0 heterocycles. The van der Waals surface area contributed by atoms with Crippen molar-refractivity contribution in [2.45, 2.75) is 26.3 Å². The maximum absolute atomic E-state index is 12.1. The van der Waals surface area contributed by atoms with E-state index < -0.39 is 0 Å². The molecule has 3 nitrogen and oxygen atoms in total. The van der Waals surface area contributed by atoms with Crippen molar-refractivity contribution in [3.05, 3.63) is 28.2 Å². The summed E-state index contributed by atoms with van der Waals surface area (Å²) < 4.78 is 6.06. The average molecular weight is 300 g/mol. The van der Waals surface area contributed by atoms with Gasteiger partial charge in [-0.1, -0.05) is 15.9 Å². The third-order valence-electron chi connectivity index (χ3n) is 2.24. The summed E-state index contributed by atoms with van der Waals surface area (Å²) in [6.07, 6.45) is 0. The Labute approximate surface area is 111 Å². The Balaban J connectivity index is 2.84. The first-order valence-corrected chi connectivity index (χ1v) is 6.24. The van der Waals surface area contributed by atoms with E-state index in [4.69, 9.17) is 4.74 Å². The van der Waals surface area contributed by atoms with E-state index in [2.05, 4.69) is 21.2 Å². The van der Waals surface area contributed by atoms with Gasteiger partial charge in [-0.2, -0.15) is 0 Å². The third kappa shape index (κ3) is 4.48. The van der Waals surface area contributed by atoms with Crippen molar-refractivity contribution in [1.29, 1.82) is 0 Å². The number of hydrogen-bond donors (Lipinski definition) is 1. The average Bonchev–Trinajstić information content (AvgIpc) is 2.25. The molecule has 0 fully saturated rings. The van der Waals surface area contributed by atoms with Crippen LogP contribution in [0.15, 0.2) is 22.7 Å². The summed E-state index contributed by atoms with van der Waals surface area (Å²) in [5.74, 6) is 0.631. The van der Waals surface area contributed by atoms with Gasteiger partial charge in [0.1, 0.15) is 5.75 Å². The van der Waals surface area contributed by atoms with Crippen LogP contribution < -0.4 is 10.1 Å². The molecule has 0 amide bonds. The van der Waals surface area contributed by atoms with Crippen LogP contribution in [0.2, 0.25) is 0 Å². The molecule has 0 aliphatic heterocycles. The van der Waals surface area contributed by atoms with Crippen molar-refractivity contribution in [3.8, 4) is 5.75 Å². The molecule has 94 valence electrons. The van der Waals surface area contributed by atoms with Crippen LogP contribution >= 0.6 is 15.9 Å². The maximum atomic E-state index is 12.1. The highest BCUT2D eigenvalue weighted by Crippen LogP contribution is 2.23. The molecule has 0 radical (unpaired) electrons. The molecule has 1 N–H and O–H groups in total. The number of halogens is 1. The van der Waals surface area contributed by atoms with Gasteiger partial charge < -0.3 is 10.1 Å². The lowest BCUT2D eigenvalue weighted by Crippen LogP contribution is -2.39. The summed E-state index contributed by atoms with van der Waals surface area (Å²) in [5.41, 5.74) is 0.521. The smallest absolute Gasteiger partial charge is 0.180 e. The van der Waals surface area contributed by atoms with Gasteiger partial charge >= 0.3 is 0 Å². The standard InChI is InChI=1S/C13H18BrNO2/c1-13(2,3)15-8-11(16)10-7-9(14)5-6-12(10)17-4/h5-7,15H,8H2,1-4H3. The van der Waals surface area contributed by atoms with E-state index in [1.807, 2.05) is 26.8 Å². The molecule has 0 aromatic heterocycles. The van der Waals surface area contributed by atoms with Gasteiger partial charge in [0.15, 0.2) is 5.78 Å². The third-order valence-corrected chi connectivity index (χ3v) is 2.73. The number of ketones is 1. The Morgan fingerprint density at radius 1 is 1.41 bits per heavy atom. The molecule has 17 heavy (non-hydrogen) atoms. The molecule has 1 aromatic rings. The van der Waals surface area contributed by atoms with Crippen molar-refractivity contribution in [1.82, 2.24) is 5.32 Å². The molecule has 0 aliphatic rings. The Morgan fingerprint density at radius 3 is 2.59 bits per heavy atom. The van der Waals surface area contributed by atoms with Gasteiger partial charge in [-0.15, -0.1) is 0 Å². The molecule has 1 rings (SSSR count). The molecule has 0 atom stereocenters. The van der Waals surface area contributed by atoms with Crippen molar-refractivity contribution >= 4 is 21.7 Å². The number of rotatable bonds is 4. The minimum Gasteiger partial charge on any atom is -0.496 e. The largest absolute Gasteiger partial charge is 0.496 e. The molecule has 0 aliphatic carbocycles. The second kappa shape index (κ2) is 5.65. The van der Waals surface area contributed by atoms with Crippen molar-refractivity contribution in [2.75, 3.05) is 13.7 Å². The maximum Gasteiger partial charge on any atom is 0.180 e. The zero-order chi connectivity index (χ0) is 13.1. The summed E-state index contributed by atoms with van der Waals surface area (Å²) in [6.45, 7) is 6.38. The van der Waals surface area contributed by atoms with Crippen LogP contribution in [0, 0.1) is 0 Å². The molecule has 0 spiro atoms. The topological polar surface area (TPSA) is 38.3 Å². The number of nitrogens with one attached hydrogen (secondary N) is 1. The Kier molecular flexibility index (Phi) is 4.71. The molecular weight excluding hydrogens is 282 g/mol. The summed E-state index contributed by atoms with van der Waals surface area (Å²) >= 11 is 3.36. The van der Waals surface area contributed by atoms with Crippen LogP contribution in [-0.2, 0) is 0 Å². The van der Waals surface area contributed by atoms with Crippen LogP contribution in [0.3, 0.4) is 0 Å². The van der Waals surface area contributed by atoms with E-state index in [1.165, 1.54) is 0 Å². The molecule has 4 heteroatoms. The molecule has 0 saturated carbocycles. The first-order valence-electron chi connectivity index (χ1n) is 5.45. The lowest BCUT2D eigenvalue weighted by molar-refractivity contribution is 0.0979. The summed E-state index contributed by atoms with van der Waals surface area (Å²) in [4.78, 5) is 12.1. The molecular formula is C13H18BrNO2. The first-order chi connectivity index (χ1) is 7.83. The number of benzene rings is 1. The normalized spacial score (nSPS) is 11.4. The predicted octanol–water partition coefficient (Wildman–Crippen LogP) is 3.03. The van der Waals surface area contributed by atoms with Gasteiger partial charge in [0.05, 0.1) is 19.2 Å². The Hall–Kier alpha value is -0.870. The SMILES string of the molecule is COc1ccc(Br)cc1C(=O)CNC(C)(C)C. The summed E-state index contributed by atoms with van der Waals surface area (Å²) in [6, 6.07) is 5.42. The van der Waals surface area contributed by atoms with Gasteiger partial charge in [0.2, 0.25) is 0 Å². The quantitative estimate of drug-likeness (QED) is 0.869. The number of Topliss-reactive ketones (excluding diaryl/α,β-unsaturated/α-hetero) is 1. The van der Waals surface area contributed by atoms with Gasteiger partial charge in [-0.25, -0.2) is 0 Å². The van der Waals surface area contributed by atoms with Crippen LogP contribution in [-0.4, -0.2) is 25.0 Å². The van der Waals surface area contributed by atoms with Crippen LogP contribution in [0.25, 0.3) is 0 Å². The minimum absolute atomic E-state index is 0.0260. The van der Waals surface area contributed by atoms with Crippen LogP contribution in [0.5, 0.6) is 5.75 Å². The van der Waals surface area contributed by atoms with E-state index in [9.17, 15) is 4.79 Å². The lowest BCUT2D eigenvalue weighted by Gasteiger charge is -2.20.